The average molecular weight is 357 g/mol. The molecule has 0 bridgehead atoms. The Hall–Kier alpha value is -0.480. The standard InChI is InChI=1S/C16H14Cl2OS2/c17-14-6-2-12(3-7-14)16(20-10-1-11-21(16)19)13-4-8-15(18)9-5-13/h2-9H,1,10-11H2. The molecule has 1 saturated heterocycles. The summed E-state index contributed by atoms with van der Waals surface area (Å²) in [7, 11) is -0.975. The highest BCUT2D eigenvalue weighted by molar-refractivity contribution is 8.12. The Kier molecular flexibility index (Phi) is 4.65. The van der Waals surface area contributed by atoms with Gasteiger partial charge in [-0.15, -0.1) is 11.8 Å². The molecule has 2 aromatic carbocycles. The van der Waals surface area contributed by atoms with Gasteiger partial charge in [-0.3, -0.25) is 4.21 Å². The molecule has 2 aromatic rings. The van der Waals surface area contributed by atoms with E-state index in [1.807, 2.05) is 48.5 Å². The van der Waals surface area contributed by atoms with E-state index in [0.717, 1.165) is 29.1 Å². The summed E-state index contributed by atoms with van der Waals surface area (Å²) in [6, 6.07) is 15.4. The summed E-state index contributed by atoms with van der Waals surface area (Å²) in [6.45, 7) is 0. The summed E-state index contributed by atoms with van der Waals surface area (Å²) < 4.78 is 12.4. The van der Waals surface area contributed by atoms with Gasteiger partial charge in [-0.1, -0.05) is 47.5 Å². The van der Waals surface area contributed by atoms with Crippen molar-refractivity contribution in [1.82, 2.24) is 0 Å². The third-order valence-electron chi connectivity index (χ3n) is 3.55. The van der Waals surface area contributed by atoms with E-state index >= 15 is 0 Å². The van der Waals surface area contributed by atoms with Crippen molar-refractivity contribution < 1.29 is 4.21 Å². The Morgan fingerprint density at radius 3 is 1.81 bits per heavy atom. The molecule has 1 unspecified atom stereocenters. The van der Waals surface area contributed by atoms with Crippen LogP contribution in [0.3, 0.4) is 0 Å². The fourth-order valence-electron chi connectivity index (χ4n) is 2.55. The molecule has 0 aromatic heterocycles. The number of hydrogen-bond acceptors (Lipinski definition) is 2. The Labute approximate surface area is 141 Å². The van der Waals surface area contributed by atoms with Gasteiger partial charge in [0, 0.05) is 26.6 Å². The Morgan fingerprint density at radius 2 is 1.38 bits per heavy atom. The molecule has 5 heteroatoms. The zero-order chi connectivity index (χ0) is 14.9. The van der Waals surface area contributed by atoms with Gasteiger partial charge in [0.1, 0.15) is 4.08 Å². The topological polar surface area (TPSA) is 17.1 Å². The lowest BCUT2D eigenvalue weighted by molar-refractivity contribution is 0.671. The van der Waals surface area contributed by atoms with Crippen LogP contribution in [0.1, 0.15) is 17.5 Å². The van der Waals surface area contributed by atoms with Crippen molar-refractivity contribution >= 4 is 45.8 Å². The first-order valence-electron chi connectivity index (χ1n) is 6.67. The van der Waals surface area contributed by atoms with Crippen LogP contribution in [-0.2, 0) is 14.9 Å². The van der Waals surface area contributed by atoms with Crippen molar-refractivity contribution in [3.63, 3.8) is 0 Å². The van der Waals surface area contributed by atoms with Crippen LogP contribution in [0.4, 0.5) is 0 Å². The van der Waals surface area contributed by atoms with Crippen molar-refractivity contribution in [3.8, 4) is 0 Å². The van der Waals surface area contributed by atoms with E-state index in [4.69, 9.17) is 23.2 Å². The summed E-state index contributed by atoms with van der Waals surface area (Å²) in [4.78, 5) is 0. The summed E-state index contributed by atoms with van der Waals surface area (Å²) in [5, 5.41) is 1.38. The van der Waals surface area contributed by atoms with Crippen LogP contribution in [0.2, 0.25) is 10.0 Å². The number of hydrogen-bond donors (Lipinski definition) is 0. The van der Waals surface area contributed by atoms with Gasteiger partial charge in [0.25, 0.3) is 0 Å². The van der Waals surface area contributed by atoms with Gasteiger partial charge in [0.15, 0.2) is 0 Å². The monoisotopic (exact) mass is 356 g/mol. The van der Waals surface area contributed by atoms with Crippen LogP contribution in [0, 0.1) is 0 Å². The molecule has 0 radical (unpaired) electrons. The van der Waals surface area contributed by atoms with E-state index in [-0.39, 0.29) is 0 Å². The van der Waals surface area contributed by atoms with Crippen molar-refractivity contribution in [2.45, 2.75) is 10.5 Å². The summed E-state index contributed by atoms with van der Waals surface area (Å²) in [6.07, 6.45) is 0.986. The lowest BCUT2D eigenvalue weighted by atomic mass is 10.0. The average Bonchev–Trinajstić information content (AvgIpc) is 2.50. The van der Waals surface area contributed by atoms with Gasteiger partial charge in [0.05, 0.1) is 0 Å². The molecule has 1 atom stereocenters. The first-order valence-corrected chi connectivity index (χ1v) is 9.73. The van der Waals surface area contributed by atoms with Gasteiger partial charge in [0.2, 0.25) is 0 Å². The van der Waals surface area contributed by atoms with Gasteiger partial charge < -0.3 is 0 Å². The maximum Gasteiger partial charge on any atom is 0.141 e. The second kappa shape index (κ2) is 6.33. The van der Waals surface area contributed by atoms with Gasteiger partial charge in [-0.25, -0.2) is 0 Å². The number of rotatable bonds is 2. The molecular formula is C16H14Cl2OS2. The maximum absolute atomic E-state index is 12.9. The summed E-state index contributed by atoms with van der Waals surface area (Å²) in [5.41, 5.74) is 2.08. The maximum atomic E-state index is 12.9. The molecule has 0 spiro atoms. The number of benzene rings is 2. The molecule has 1 heterocycles. The molecule has 3 rings (SSSR count). The minimum atomic E-state index is -0.975. The lowest BCUT2D eigenvalue weighted by Gasteiger charge is -2.36. The molecule has 0 amide bonds. The Morgan fingerprint density at radius 1 is 0.905 bits per heavy atom. The molecule has 1 aliphatic heterocycles. The fourth-order valence-corrected chi connectivity index (χ4v) is 6.68. The lowest BCUT2D eigenvalue weighted by Crippen LogP contribution is -2.34. The highest BCUT2D eigenvalue weighted by Gasteiger charge is 2.43. The molecule has 21 heavy (non-hydrogen) atoms. The SMILES string of the molecule is O=S1CCCSC1(c1ccc(Cl)cc1)c1ccc(Cl)cc1. The molecule has 0 N–H and O–H groups in total. The zero-order valence-corrected chi connectivity index (χ0v) is 14.4. The van der Waals surface area contributed by atoms with Gasteiger partial charge in [-0.05, 0) is 47.6 Å². The van der Waals surface area contributed by atoms with Crippen molar-refractivity contribution in [1.29, 1.82) is 0 Å². The first kappa shape index (κ1) is 15.4. The molecule has 110 valence electrons. The third kappa shape index (κ3) is 2.89. The van der Waals surface area contributed by atoms with E-state index in [0.29, 0.717) is 10.0 Å². The van der Waals surface area contributed by atoms with E-state index < -0.39 is 14.9 Å². The smallest absolute Gasteiger partial charge is 0.141 e. The van der Waals surface area contributed by atoms with Crippen LogP contribution in [-0.4, -0.2) is 15.7 Å². The van der Waals surface area contributed by atoms with Crippen molar-refractivity contribution in [2.75, 3.05) is 11.5 Å². The minimum absolute atomic E-state index is 0.520. The minimum Gasteiger partial charge on any atom is -0.257 e. The Balaban J connectivity index is 2.17. The third-order valence-corrected chi connectivity index (χ3v) is 8.11. The molecule has 1 aliphatic rings. The molecule has 1 fully saturated rings. The van der Waals surface area contributed by atoms with Gasteiger partial charge in [-0.2, -0.15) is 0 Å². The van der Waals surface area contributed by atoms with E-state index in [2.05, 4.69) is 0 Å². The van der Waals surface area contributed by atoms with Crippen molar-refractivity contribution in [2.24, 2.45) is 0 Å². The predicted octanol–water partition coefficient (Wildman–Crippen LogP) is 5.08. The summed E-state index contributed by atoms with van der Waals surface area (Å²) in [5.74, 6) is 1.72. The van der Waals surface area contributed by atoms with Crippen LogP contribution in [0.15, 0.2) is 48.5 Å². The quantitative estimate of drug-likeness (QED) is 0.746. The zero-order valence-electron chi connectivity index (χ0n) is 11.2. The molecule has 0 saturated carbocycles. The van der Waals surface area contributed by atoms with Crippen LogP contribution >= 0.6 is 35.0 Å². The van der Waals surface area contributed by atoms with E-state index in [1.54, 1.807) is 11.8 Å². The molecule has 0 aliphatic carbocycles. The number of thioether (sulfide) groups is 1. The molecular weight excluding hydrogens is 343 g/mol. The first-order chi connectivity index (χ1) is 10.1. The highest BCUT2D eigenvalue weighted by atomic mass is 35.5. The van der Waals surface area contributed by atoms with E-state index in [9.17, 15) is 4.21 Å². The normalized spacial score (nSPS) is 21.1. The van der Waals surface area contributed by atoms with Crippen LogP contribution < -0.4 is 0 Å². The Bertz CT molecular complexity index is 607. The van der Waals surface area contributed by atoms with Crippen LogP contribution in [0.25, 0.3) is 0 Å². The number of halogens is 2. The van der Waals surface area contributed by atoms with Gasteiger partial charge >= 0.3 is 0 Å². The second-order valence-electron chi connectivity index (χ2n) is 4.88. The predicted molar refractivity (Wildman–Crippen MR) is 93.8 cm³/mol. The largest absolute Gasteiger partial charge is 0.257 e. The fraction of sp³-hybridized carbons (Fsp3) is 0.250. The molecule has 1 nitrogen and oxygen atoms in total. The van der Waals surface area contributed by atoms with Crippen LogP contribution in [0.5, 0.6) is 0 Å². The second-order valence-corrected chi connectivity index (χ2v) is 9.03. The van der Waals surface area contributed by atoms with Crippen molar-refractivity contribution in [3.05, 3.63) is 69.7 Å². The summed E-state index contributed by atoms with van der Waals surface area (Å²) >= 11 is 13.7. The highest BCUT2D eigenvalue weighted by Crippen LogP contribution is 2.49. The van der Waals surface area contributed by atoms with E-state index in [1.165, 1.54) is 0 Å².